The van der Waals surface area contributed by atoms with Crippen LogP contribution in [0.15, 0.2) is 41.2 Å². The molecule has 29 heavy (non-hydrogen) atoms. The van der Waals surface area contributed by atoms with E-state index in [2.05, 4.69) is 15.3 Å². The number of aromatic nitrogens is 3. The number of thiazole rings is 1. The molecule has 0 bridgehead atoms. The van der Waals surface area contributed by atoms with Crippen LogP contribution in [0.4, 0.5) is 5.13 Å². The summed E-state index contributed by atoms with van der Waals surface area (Å²) in [6.07, 6.45) is 1.71. The van der Waals surface area contributed by atoms with Gasteiger partial charge in [-0.25, -0.2) is 9.97 Å². The van der Waals surface area contributed by atoms with Crippen molar-refractivity contribution in [3.63, 3.8) is 0 Å². The maximum absolute atomic E-state index is 12.7. The van der Waals surface area contributed by atoms with E-state index >= 15 is 0 Å². The number of hydrogen-bond acceptors (Lipinski definition) is 6. The summed E-state index contributed by atoms with van der Waals surface area (Å²) >= 11 is 1.39. The number of rotatable bonds is 4. The second-order valence-electron chi connectivity index (χ2n) is 6.86. The van der Waals surface area contributed by atoms with Gasteiger partial charge in [-0.2, -0.15) is 0 Å². The molecule has 0 radical (unpaired) electrons. The van der Waals surface area contributed by atoms with Crippen molar-refractivity contribution >= 4 is 43.5 Å². The summed E-state index contributed by atoms with van der Waals surface area (Å²) in [5.74, 6) is 1.29. The number of nitrogens with one attached hydrogen (secondary N) is 1. The number of carbonyl (C=O) groups is 1. The van der Waals surface area contributed by atoms with E-state index in [1.165, 1.54) is 11.3 Å². The van der Waals surface area contributed by atoms with Gasteiger partial charge in [0.05, 0.1) is 27.7 Å². The standard InChI is InChI=1S/C21H18N4O3S/c1-2-28-13-6-8-15-17(11-13)29-21(23-15)24-19(26)12-5-7-14-16(10-12)22-18-4-3-9-25(18)20(14)27/h5-8,10-11H,2-4,9H2,1H3,(H,23,24,26). The van der Waals surface area contributed by atoms with Crippen LogP contribution in [0.25, 0.3) is 21.1 Å². The third kappa shape index (κ3) is 3.15. The number of amides is 1. The molecule has 0 saturated heterocycles. The van der Waals surface area contributed by atoms with Crippen molar-refractivity contribution in [1.29, 1.82) is 0 Å². The summed E-state index contributed by atoms with van der Waals surface area (Å²) in [7, 11) is 0. The van der Waals surface area contributed by atoms with Gasteiger partial charge in [0.2, 0.25) is 0 Å². The van der Waals surface area contributed by atoms with Gasteiger partial charge in [-0.05, 0) is 49.7 Å². The predicted octanol–water partition coefficient (Wildman–Crippen LogP) is 3.60. The van der Waals surface area contributed by atoms with E-state index in [1.807, 2.05) is 25.1 Å². The van der Waals surface area contributed by atoms with Gasteiger partial charge in [-0.1, -0.05) is 11.3 Å². The molecule has 0 spiro atoms. The van der Waals surface area contributed by atoms with Crippen LogP contribution in [0.1, 0.15) is 29.5 Å². The van der Waals surface area contributed by atoms with Crippen molar-refractivity contribution < 1.29 is 9.53 Å². The van der Waals surface area contributed by atoms with Gasteiger partial charge in [0.15, 0.2) is 5.13 Å². The van der Waals surface area contributed by atoms with Gasteiger partial charge in [0.1, 0.15) is 11.6 Å². The molecule has 1 amide bonds. The summed E-state index contributed by atoms with van der Waals surface area (Å²) < 4.78 is 8.17. The average molecular weight is 406 g/mol. The topological polar surface area (TPSA) is 86.1 Å². The highest BCUT2D eigenvalue weighted by atomic mass is 32.1. The lowest BCUT2D eigenvalue weighted by atomic mass is 10.1. The van der Waals surface area contributed by atoms with Crippen molar-refractivity contribution in [1.82, 2.24) is 14.5 Å². The van der Waals surface area contributed by atoms with Crippen LogP contribution >= 0.6 is 11.3 Å². The Morgan fingerprint density at radius 3 is 2.97 bits per heavy atom. The van der Waals surface area contributed by atoms with Crippen LogP contribution in [-0.4, -0.2) is 27.0 Å². The van der Waals surface area contributed by atoms with E-state index in [1.54, 1.807) is 22.8 Å². The summed E-state index contributed by atoms with van der Waals surface area (Å²) in [4.78, 5) is 34.4. The molecular formula is C21H18N4O3S. The van der Waals surface area contributed by atoms with Crippen molar-refractivity contribution in [3.05, 3.63) is 58.1 Å². The van der Waals surface area contributed by atoms with Gasteiger partial charge in [-0.15, -0.1) is 0 Å². The highest BCUT2D eigenvalue weighted by molar-refractivity contribution is 7.22. The molecule has 0 unspecified atom stereocenters. The highest BCUT2D eigenvalue weighted by Gasteiger charge is 2.17. The quantitative estimate of drug-likeness (QED) is 0.560. The molecule has 8 heteroatoms. The molecule has 0 fully saturated rings. The van der Waals surface area contributed by atoms with Crippen LogP contribution in [0.3, 0.4) is 0 Å². The van der Waals surface area contributed by atoms with Gasteiger partial charge in [-0.3, -0.25) is 19.5 Å². The SMILES string of the molecule is CCOc1ccc2nc(NC(=O)c3ccc4c(=O)n5c(nc4c3)CCC5)sc2c1. The van der Waals surface area contributed by atoms with E-state index in [-0.39, 0.29) is 11.5 Å². The van der Waals surface area contributed by atoms with Crippen LogP contribution in [0, 0.1) is 0 Å². The number of anilines is 1. The normalized spacial score (nSPS) is 13.0. The summed E-state index contributed by atoms with van der Waals surface area (Å²) in [6, 6.07) is 10.7. The molecule has 5 rings (SSSR count). The second kappa shape index (κ2) is 6.97. The summed E-state index contributed by atoms with van der Waals surface area (Å²) in [5.41, 5.74) is 1.77. The van der Waals surface area contributed by atoms with Gasteiger partial charge in [0.25, 0.3) is 11.5 Å². The largest absolute Gasteiger partial charge is 0.494 e. The predicted molar refractivity (Wildman–Crippen MR) is 113 cm³/mol. The van der Waals surface area contributed by atoms with Gasteiger partial charge < -0.3 is 4.74 Å². The lowest BCUT2D eigenvalue weighted by Gasteiger charge is -2.06. The molecule has 1 aliphatic rings. The zero-order valence-corrected chi connectivity index (χ0v) is 16.6. The lowest BCUT2D eigenvalue weighted by molar-refractivity contribution is 0.102. The van der Waals surface area contributed by atoms with E-state index in [9.17, 15) is 9.59 Å². The number of fused-ring (bicyclic) bond motifs is 3. The Balaban J connectivity index is 1.44. The second-order valence-corrected chi connectivity index (χ2v) is 7.89. The Morgan fingerprint density at radius 1 is 1.21 bits per heavy atom. The Hall–Kier alpha value is -3.26. The fourth-order valence-electron chi connectivity index (χ4n) is 3.61. The molecule has 146 valence electrons. The molecular weight excluding hydrogens is 388 g/mol. The van der Waals surface area contributed by atoms with Crippen molar-refractivity contribution in [3.8, 4) is 5.75 Å². The fraction of sp³-hybridized carbons (Fsp3) is 0.238. The van der Waals surface area contributed by atoms with Gasteiger partial charge in [0, 0.05) is 18.5 Å². The summed E-state index contributed by atoms with van der Waals surface area (Å²) in [6.45, 7) is 3.24. The minimum absolute atomic E-state index is 0.0364. The molecule has 0 saturated carbocycles. The Labute approximate surface area is 170 Å². The third-order valence-corrected chi connectivity index (χ3v) is 5.90. The van der Waals surface area contributed by atoms with Crippen molar-refractivity contribution in [2.45, 2.75) is 26.3 Å². The monoisotopic (exact) mass is 406 g/mol. The molecule has 0 aliphatic carbocycles. The van der Waals surface area contributed by atoms with Crippen LogP contribution in [-0.2, 0) is 13.0 Å². The first-order chi connectivity index (χ1) is 14.1. The van der Waals surface area contributed by atoms with Crippen molar-refractivity contribution in [2.75, 3.05) is 11.9 Å². The molecule has 1 aliphatic heterocycles. The Morgan fingerprint density at radius 2 is 2.10 bits per heavy atom. The molecule has 1 N–H and O–H groups in total. The van der Waals surface area contributed by atoms with E-state index in [4.69, 9.17) is 4.74 Å². The number of ether oxygens (including phenoxy) is 1. The zero-order valence-electron chi connectivity index (χ0n) is 15.8. The maximum atomic E-state index is 12.7. The molecule has 0 atom stereocenters. The van der Waals surface area contributed by atoms with Crippen LogP contribution in [0.5, 0.6) is 5.75 Å². The average Bonchev–Trinajstić information content (AvgIpc) is 3.34. The lowest BCUT2D eigenvalue weighted by Crippen LogP contribution is -2.21. The Kier molecular flexibility index (Phi) is 4.28. The number of hydrogen-bond donors (Lipinski definition) is 1. The minimum Gasteiger partial charge on any atom is -0.494 e. The molecule has 2 aromatic heterocycles. The first-order valence-electron chi connectivity index (χ1n) is 9.50. The highest BCUT2D eigenvalue weighted by Crippen LogP contribution is 2.29. The first-order valence-corrected chi connectivity index (χ1v) is 10.3. The van der Waals surface area contributed by atoms with E-state index in [0.29, 0.717) is 34.7 Å². The first kappa shape index (κ1) is 17.8. The minimum atomic E-state index is -0.279. The number of aryl methyl sites for hydroxylation is 1. The molecule has 2 aromatic carbocycles. The van der Waals surface area contributed by atoms with Gasteiger partial charge >= 0.3 is 0 Å². The third-order valence-electron chi connectivity index (χ3n) is 4.97. The number of benzene rings is 2. The molecule has 3 heterocycles. The number of carbonyl (C=O) groups excluding carboxylic acids is 1. The molecule has 4 aromatic rings. The fourth-order valence-corrected chi connectivity index (χ4v) is 4.50. The van der Waals surface area contributed by atoms with E-state index in [0.717, 1.165) is 34.6 Å². The van der Waals surface area contributed by atoms with Crippen LogP contribution < -0.4 is 15.6 Å². The van der Waals surface area contributed by atoms with Crippen LogP contribution in [0.2, 0.25) is 0 Å². The Bertz CT molecular complexity index is 1320. The number of nitrogens with zero attached hydrogens (tertiary/aromatic N) is 3. The summed E-state index contributed by atoms with van der Waals surface area (Å²) in [5, 5.41) is 3.90. The van der Waals surface area contributed by atoms with Crippen molar-refractivity contribution in [2.24, 2.45) is 0 Å². The van der Waals surface area contributed by atoms with E-state index < -0.39 is 0 Å². The smallest absolute Gasteiger partial charge is 0.261 e. The zero-order chi connectivity index (χ0) is 20.0. The maximum Gasteiger partial charge on any atom is 0.261 e. The molecule has 7 nitrogen and oxygen atoms in total.